The highest BCUT2D eigenvalue weighted by molar-refractivity contribution is 5.05. The van der Waals surface area contributed by atoms with Crippen LogP contribution in [0.15, 0.2) is 0 Å². The minimum Gasteiger partial charge on any atom is -0.400 e. The molecule has 0 amide bonds. The highest BCUT2D eigenvalue weighted by Gasteiger charge is 2.56. The lowest BCUT2D eigenvalue weighted by Crippen LogP contribution is -2.56. The lowest BCUT2D eigenvalue weighted by atomic mass is 9.46. The second-order valence-electron chi connectivity index (χ2n) is 5.85. The molecule has 4 aliphatic rings. The van der Waals surface area contributed by atoms with E-state index in [9.17, 15) is 10.2 Å². The molecule has 4 fully saturated rings. The van der Waals surface area contributed by atoms with Crippen LogP contribution in [-0.4, -0.2) is 35.6 Å². The van der Waals surface area contributed by atoms with Crippen molar-refractivity contribution < 1.29 is 15.3 Å². The summed E-state index contributed by atoms with van der Waals surface area (Å²) in [5.41, 5.74) is -0.104. The fourth-order valence-corrected chi connectivity index (χ4v) is 4.69. The van der Waals surface area contributed by atoms with Gasteiger partial charge in [-0.15, -0.1) is 0 Å². The van der Waals surface area contributed by atoms with Crippen LogP contribution in [0, 0.1) is 29.1 Å². The van der Waals surface area contributed by atoms with E-state index in [2.05, 4.69) is 0 Å². The molecule has 0 atom stereocenters. The molecule has 3 nitrogen and oxygen atoms in total. The van der Waals surface area contributed by atoms with E-state index in [1.54, 1.807) is 0 Å². The lowest BCUT2D eigenvalue weighted by Gasteiger charge is -2.60. The first-order chi connectivity index (χ1) is 7.78. The van der Waals surface area contributed by atoms with E-state index in [1.807, 2.05) is 0 Å². The molecule has 0 heterocycles. The highest BCUT2D eigenvalue weighted by atomic mass is 16.3. The minimum absolute atomic E-state index is 0.104. The Morgan fingerprint density at radius 3 is 1.50 bits per heavy atom. The first kappa shape index (κ1) is 12.3. The molecule has 0 unspecified atom stereocenters. The first-order valence-electron chi connectivity index (χ1n) is 6.45. The third kappa shape index (κ3) is 1.60. The second-order valence-corrected chi connectivity index (χ2v) is 5.85. The largest absolute Gasteiger partial charge is 0.400 e. The molecule has 0 aromatic rings. The molecular weight excluding hydrogens is 204 g/mol. The normalized spacial score (nSPS) is 42.8. The van der Waals surface area contributed by atoms with E-state index in [0.717, 1.165) is 18.9 Å². The Balaban J connectivity index is 0.000000457. The molecule has 0 radical (unpaired) electrons. The van der Waals surface area contributed by atoms with Crippen LogP contribution in [0.5, 0.6) is 0 Å². The molecule has 0 aliphatic heterocycles. The van der Waals surface area contributed by atoms with Crippen molar-refractivity contribution in [2.45, 2.75) is 32.1 Å². The SMILES string of the molecule is CO.OCC1(CO)C2CC3CC(C2)CC1C3. The van der Waals surface area contributed by atoms with Crippen molar-refractivity contribution in [2.24, 2.45) is 29.1 Å². The van der Waals surface area contributed by atoms with Crippen LogP contribution >= 0.6 is 0 Å². The molecule has 4 bridgehead atoms. The quantitative estimate of drug-likeness (QED) is 0.661. The summed E-state index contributed by atoms with van der Waals surface area (Å²) in [7, 11) is 1.00. The molecule has 0 saturated heterocycles. The molecule has 3 heteroatoms. The Kier molecular flexibility index (Phi) is 3.57. The molecule has 4 aliphatic carbocycles. The average Bonchev–Trinajstić information content (AvgIpc) is 2.32. The number of rotatable bonds is 2. The fraction of sp³-hybridized carbons (Fsp3) is 1.00. The predicted octanol–water partition coefficient (Wildman–Crippen LogP) is 1.02. The number of aliphatic hydroxyl groups excluding tert-OH is 3. The summed E-state index contributed by atoms with van der Waals surface area (Å²) in [6, 6.07) is 0. The summed E-state index contributed by atoms with van der Waals surface area (Å²) >= 11 is 0. The Morgan fingerprint density at radius 1 is 0.812 bits per heavy atom. The van der Waals surface area contributed by atoms with Gasteiger partial charge in [0.1, 0.15) is 0 Å². The van der Waals surface area contributed by atoms with Crippen molar-refractivity contribution in [2.75, 3.05) is 20.3 Å². The predicted molar refractivity (Wildman–Crippen MR) is 61.8 cm³/mol. The van der Waals surface area contributed by atoms with Gasteiger partial charge in [-0.25, -0.2) is 0 Å². The first-order valence-corrected chi connectivity index (χ1v) is 6.45. The topological polar surface area (TPSA) is 60.7 Å². The van der Waals surface area contributed by atoms with Crippen LogP contribution < -0.4 is 0 Å². The van der Waals surface area contributed by atoms with Crippen LogP contribution in [0.3, 0.4) is 0 Å². The van der Waals surface area contributed by atoms with Gasteiger partial charge < -0.3 is 15.3 Å². The van der Waals surface area contributed by atoms with Gasteiger partial charge in [0.15, 0.2) is 0 Å². The summed E-state index contributed by atoms with van der Waals surface area (Å²) in [5, 5.41) is 26.2. The van der Waals surface area contributed by atoms with Gasteiger partial charge in [0, 0.05) is 12.5 Å². The van der Waals surface area contributed by atoms with Gasteiger partial charge in [0.2, 0.25) is 0 Å². The maximum absolute atomic E-state index is 9.59. The Hall–Kier alpha value is -0.120. The van der Waals surface area contributed by atoms with Gasteiger partial charge in [-0.3, -0.25) is 0 Å². The number of hydrogen-bond donors (Lipinski definition) is 3. The zero-order valence-electron chi connectivity index (χ0n) is 10.1. The highest BCUT2D eigenvalue weighted by Crippen LogP contribution is 2.61. The summed E-state index contributed by atoms with van der Waals surface area (Å²) < 4.78 is 0. The van der Waals surface area contributed by atoms with Gasteiger partial charge in [-0.1, -0.05) is 0 Å². The summed E-state index contributed by atoms with van der Waals surface area (Å²) in [6.07, 6.45) is 6.52. The molecule has 94 valence electrons. The van der Waals surface area contributed by atoms with Gasteiger partial charge in [-0.2, -0.15) is 0 Å². The standard InChI is InChI=1S/C12H20O2.CH4O/c13-6-12(7-14)10-2-8-1-9(4-10)5-11(12)3-8;1-2/h8-11,13-14H,1-7H2;2H,1H3. The number of aliphatic hydroxyl groups is 3. The van der Waals surface area contributed by atoms with Crippen molar-refractivity contribution in [3.8, 4) is 0 Å². The van der Waals surface area contributed by atoms with Crippen LogP contribution in [0.4, 0.5) is 0 Å². The van der Waals surface area contributed by atoms with Crippen LogP contribution in [0.25, 0.3) is 0 Å². The lowest BCUT2D eigenvalue weighted by molar-refractivity contribution is -0.153. The Bertz CT molecular complexity index is 205. The van der Waals surface area contributed by atoms with E-state index < -0.39 is 0 Å². The van der Waals surface area contributed by atoms with Crippen molar-refractivity contribution in [1.82, 2.24) is 0 Å². The third-order valence-electron chi connectivity index (χ3n) is 5.35. The van der Waals surface area contributed by atoms with Gasteiger partial charge in [0.25, 0.3) is 0 Å². The maximum Gasteiger partial charge on any atom is 0.0514 e. The molecule has 4 saturated carbocycles. The average molecular weight is 228 g/mol. The number of hydrogen-bond acceptors (Lipinski definition) is 3. The van der Waals surface area contributed by atoms with Crippen molar-refractivity contribution in [3.05, 3.63) is 0 Å². The molecule has 0 spiro atoms. The van der Waals surface area contributed by atoms with Gasteiger partial charge >= 0.3 is 0 Å². The summed E-state index contributed by atoms with van der Waals surface area (Å²) in [5.74, 6) is 3.08. The minimum atomic E-state index is -0.104. The van der Waals surface area contributed by atoms with Gasteiger partial charge in [-0.05, 0) is 55.8 Å². The van der Waals surface area contributed by atoms with E-state index >= 15 is 0 Å². The molecular formula is C13H24O3. The third-order valence-corrected chi connectivity index (χ3v) is 5.35. The van der Waals surface area contributed by atoms with Crippen molar-refractivity contribution >= 4 is 0 Å². The molecule has 3 N–H and O–H groups in total. The van der Waals surface area contributed by atoms with Crippen LogP contribution in [-0.2, 0) is 0 Å². The van der Waals surface area contributed by atoms with Crippen LogP contribution in [0.2, 0.25) is 0 Å². The molecule has 0 aromatic heterocycles. The zero-order valence-corrected chi connectivity index (χ0v) is 10.1. The van der Waals surface area contributed by atoms with Crippen molar-refractivity contribution in [3.63, 3.8) is 0 Å². The van der Waals surface area contributed by atoms with E-state index in [0.29, 0.717) is 11.8 Å². The van der Waals surface area contributed by atoms with E-state index in [4.69, 9.17) is 5.11 Å². The zero-order chi connectivity index (χ0) is 11.8. The summed E-state index contributed by atoms with van der Waals surface area (Å²) in [4.78, 5) is 0. The second kappa shape index (κ2) is 4.63. The van der Waals surface area contributed by atoms with E-state index in [1.165, 1.54) is 32.1 Å². The Morgan fingerprint density at radius 2 is 1.19 bits per heavy atom. The fourth-order valence-electron chi connectivity index (χ4n) is 4.69. The molecule has 0 aromatic carbocycles. The van der Waals surface area contributed by atoms with Crippen molar-refractivity contribution in [1.29, 1.82) is 0 Å². The van der Waals surface area contributed by atoms with E-state index in [-0.39, 0.29) is 18.6 Å². The van der Waals surface area contributed by atoms with Crippen LogP contribution in [0.1, 0.15) is 32.1 Å². The molecule has 16 heavy (non-hydrogen) atoms. The molecule has 4 rings (SSSR count). The Labute approximate surface area is 97.5 Å². The summed E-state index contributed by atoms with van der Waals surface area (Å²) in [6.45, 7) is 0.413. The van der Waals surface area contributed by atoms with Gasteiger partial charge in [0.05, 0.1) is 13.2 Å². The maximum atomic E-state index is 9.59. The monoisotopic (exact) mass is 228 g/mol. The smallest absolute Gasteiger partial charge is 0.0514 e.